The molecule has 1 aliphatic carbocycles. The van der Waals surface area contributed by atoms with Gasteiger partial charge < -0.3 is 10.1 Å². The normalized spacial score (nSPS) is 17.3. The van der Waals surface area contributed by atoms with Gasteiger partial charge in [-0.15, -0.1) is 11.3 Å². The number of benzene rings is 1. The van der Waals surface area contributed by atoms with Gasteiger partial charge in [-0.25, -0.2) is 4.98 Å². The van der Waals surface area contributed by atoms with Gasteiger partial charge in [0.1, 0.15) is 5.69 Å². The Labute approximate surface area is 190 Å². The Morgan fingerprint density at radius 2 is 2.03 bits per heavy atom. The highest BCUT2D eigenvalue weighted by molar-refractivity contribution is 7.17. The molecular weight excluding hydrogens is 420 g/mol. The van der Waals surface area contributed by atoms with Crippen LogP contribution in [0.2, 0.25) is 0 Å². The minimum Gasteiger partial charge on any atom is -0.380 e. The predicted octanol–water partition coefficient (Wildman–Crippen LogP) is 4.20. The van der Waals surface area contributed by atoms with Crippen LogP contribution in [0.4, 0.5) is 0 Å². The van der Waals surface area contributed by atoms with Crippen molar-refractivity contribution in [1.82, 2.24) is 20.1 Å². The third-order valence-corrected chi connectivity index (χ3v) is 7.57. The third-order valence-electron chi connectivity index (χ3n) is 6.59. The van der Waals surface area contributed by atoms with Crippen LogP contribution >= 0.6 is 11.3 Å². The molecule has 2 aliphatic rings. The molecule has 6 rings (SSSR count). The fourth-order valence-electron chi connectivity index (χ4n) is 4.83. The number of rotatable bonds is 5. The molecule has 1 aliphatic heterocycles. The Kier molecular flexibility index (Phi) is 4.62. The summed E-state index contributed by atoms with van der Waals surface area (Å²) in [5.74, 6) is -0.0788. The van der Waals surface area contributed by atoms with Crippen LogP contribution in [-0.2, 0) is 18.2 Å². The van der Waals surface area contributed by atoms with Gasteiger partial charge in [0.2, 0.25) is 0 Å². The molecule has 4 aromatic rings. The Bertz CT molecular complexity index is 1300. The van der Waals surface area contributed by atoms with Gasteiger partial charge in [-0.3, -0.25) is 9.48 Å². The minimum absolute atomic E-state index is 0.0788. The maximum absolute atomic E-state index is 12.9. The fourth-order valence-corrected chi connectivity index (χ4v) is 5.68. The quantitative estimate of drug-likeness (QED) is 0.501. The molecule has 0 atom stereocenters. The number of thiophene rings is 1. The lowest BCUT2D eigenvalue weighted by molar-refractivity contribution is -0.165. The molecule has 0 unspecified atom stereocenters. The van der Waals surface area contributed by atoms with E-state index in [1.54, 1.807) is 11.3 Å². The van der Waals surface area contributed by atoms with Crippen LogP contribution in [-0.4, -0.2) is 39.9 Å². The fraction of sp³-hybridized carbons (Fsp3) is 0.320. The lowest BCUT2D eigenvalue weighted by Crippen LogP contribution is -2.59. The molecule has 2 fully saturated rings. The first-order valence-electron chi connectivity index (χ1n) is 10.9. The highest BCUT2D eigenvalue weighted by atomic mass is 32.1. The predicted molar refractivity (Wildman–Crippen MR) is 125 cm³/mol. The molecule has 4 heterocycles. The van der Waals surface area contributed by atoms with E-state index in [1.165, 1.54) is 5.56 Å². The van der Waals surface area contributed by atoms with Gasteiger partial charge >= 0.3 is 0 Å². The summed E-state index contributed by atoms with van der Waals surface area (Å²) in [4.78, 5) is 17.6. The second kappa shape index (κ2) is 7.53. The standard InChI is InChI=1S/C25H24N4O2S/c1-29-8-6-20(28-29)17-4-2-16(3-5-17)10-18-11-22(27-21-7-9-32-23(18)21)24(30)26-19-12-25(13-19)14-31-15-25/h2-9,11,19H,10,12-15H2,1H3,(H,26,30). The zero-order valence-corrected chi connectivity index (χ0v) is 18.7. The van der Waals surface area contributed by atoms with Crippen LogP contribution in [0.1, 0.15) is 34.5 Å². The van der Waals surface area contributed by atoms with E-state index in [1.807, 2.05) is 41.5 Å². The molecule has 6 nitrogen and oxygen atoms in total. The highest BCUT2D eigenvalue weighted by Gasteiger charge is 2.50. The van der Waals surface area contributed by atoms with E-state index >= 15 is 0 Å². The number of pyridine rings is 1. The first-order valence-corrected chi connectivity index (χ1v) is 11.8. The zero-order valence-electron chi connectivity index (χ0n) is 17.9. The molecule has 7 heteroatoms. The first kappa shape index (κ1) is 19.6. The lowest BCUT2D eigenvalue weighted by Gasteiger charge is -2.53. The number of nitrogens with one attached hydrogen (secondary N) is 1. The summed E-state index contributed by atoms with van der Waals surface area (Å²) in [5, 5.41) is 9.68. The van der Waals surface area contributed by atoms with Crippen molar-refractivity contribution in [2.24, 2.45) is 12.5 Å². The molecule has 0 bridgehead atoms. The monoisotopic (exact) mass is 444 g/mol. The van der Waals surface area contributed by atoms with Crippen LogP contribution < -0.4 is 5.32 Å². The van der Waals surface area contributed by atoms with E-state index in [2.05, 4.69) is 39.7 Å². The second-order valence-electron chi connectivity index (χ2n) is 9.12. The third kappa shape index (κ3) is 3.51. The summed E-state index contributed by atoms with van der Waals surface area (Å²) in [6.07, 6.45) is 4.72. The van der Waals surface area contributed by atoms with Crippen molar-refractivity contribution in [3.63, 3.8) is 0 Å². The van der Waals surface area contributed by atoms with E-state index < -0.39 is 0 Å². The number of carbonyl (C=O) groups is 1. The summed E-state index contributed by atoms with van der Waals surface area (Å²) in [6, 6.07) is 14.7. The summed E-state index contributed by atoms with van der Waals surface area (Å²) in [7, 11) is 1.92. The van der Waals surface area contributed by atoms with Gasteiger partial charge in [-0.05, 0) is 54.0 Å². The average molecular weight is 445 g/mol. The molecule has 3 aromatic heterocycles. The van der Waals surface area contributed by atoms with Gasteiger partial charge in [0.25, 0.3) is 5.91 Å². The smallest absolute Gasteiger partial charge is 0.270 e. The molecule has 162 valence electrons. The minimum atomic E-state index is -0.0788. The molecule has 1 spiro atoms. The van der Waals surface area contributed by atoms with E-state index in [0.717, 1.165) is 59.5 Å². The van der Waals surface area contributed by atoms with Crippen molar-refractivity contribution in [3.05, 3.63) is 70.9 Å². The van der Waals surface area contributed by atoms with Crippen LogP contribution in [0.3, 0.4) is 0 Å². The van der Waals surface area contributed by atoms with Crippen molar-refractivity contribution in [3.8, 4) is 11.3 Å². The molecule has 1 saturated carbocycles. The van der Waals surface area contributed by atoms with Gasteiger partial charge in [0.15, 0.2) is 0 Å². The average Bonchev–Trinajstić information content (AvgIpc) is 3.38. The topological polar surface area (TPSA) is 69.0 Å². The Morgan fingerprint density at radius 3 is 2.72 bits per heavy atom. The molecule has 1 amide bonds. The van der Waals surface area contributed by atoms with Crippen molar-refractivity contribution >= 4 is 27.5 Å². The molecule has 1 N–H and O–H groups in total. The largest absolute Gasteiger partial charge is 0.380 e. The van der Waals surface area contributed by atoms with Crippen molar-refractivity contribution < 1.29 is 9.53 Å². The van der Waals surface area contributed by atoms with Crippen LogP contribution in [0.15, 0.2) is 54.0 Å². The number of fused-ring (bicyclic) bond motifs is 1. The number of hydrogen-bond donors (Lipinski definition) is 1. The number of ether oxygens (including phenoxy) is 1. The summed E-state index contributed by atoms with van der Waals surface area (Å²) in [6.45, 7) is 1.67. The van der Waals surface area contributed by atoms with Gasteiger partial charge in [-0.1, -0.05) is 24.3 Å². The zero-order chi connectivity index (χ0) is 21.7. The van der Waals surface area contributed by atoms with E-state index in [4.69, 9.17) is 4.74 Å². The maximum atomic E-state index is 12.9. The summed E-state index contributed by atoms with van der Waals surface area (Å²) >= 11 is 1.68. The number of aromatic nitrogens is 3. The van der Waals surface area contributed by atoms with Crippen molar-refractivity contribution in [2.75, 3.05) is 13.2 Å². The number of carbonyl (C=O) groups excluding carboxylic acids is 1. The Hall–Kier alpha value is -3.03. The first-order chi connectivity index (χ1) is 15.6. The molecule has 1 saturated heterocycles. The number of aryl methyl sites for hydroxylation is 1. The van der Waals surface area contributed by atoms with Crippen LogP contribution in [0, 0.1) is 5.41 Å². The summed E-state index contributed by atoms with van der Waals surface area (Å²) < 4.78 is 8.29. The van der Waals surface area contributed by atoms with Crippen molar-refractivity contribution in [2.45, 2.75) is 25.3 Å². The summed E-state index contributed by atoms with van der Waals surface area (Å²) in [5.41, 5.74) is 6.12. The van der Waals surface area contributed by atoms with E-state index in [-0.39, 0.29) is 11.9 Å². The van der Waals surface area contributed by atoms with Crippen LogP contribution in [0.5, 0.6) is 0 Å². The highest BCUT2D eigenvalue weighted by Crippen LogP contribution is 2.46. The van der Waals surface area contributed by atoms with Gasteiger partial charge in [0, 0.05) is 30.3 Å². The number of amides is 1. The lowest BCUT2D eigenvalue weighted by atomic mass is 9.64. The number of hydrogen-bond acceptors (Lipinski definition) is 5. The van der Waals surface area contributed by atoms with Crippen molar-refractivity contribution in [1.29, 1.82) is 0 Å². The number of nitrogens with zero attached hydrogens (tertiary/aromatic N) is 3. The molecule has 32 heavy (non-hydrogen) atoms. The molecule has 1 aromatic carbocycles. The Balaban J connectivity index is 1.22. The Morgan fingerprint density at radius 1 is 1.22 bits per heavy atom. The molecular formula is C25H24N4O2S. The van der Waals surface area contributed by atoms with E-state index in [0.29, 0.717) is 11.1 Å². The SMILES string of the molecule is Cn1ccc(-c2ccc(Cc3cc(C(=O)NC4CC5(COC5)C4)nc4ccsc34)cc2)n1. The van der Waals surface area contributed by atoms with Gasteiger partial charge in [0.05, 0.1) is 29.1 Å². The maximum Gasteiger partial charge on any atom is 0.270 e. The second-order valence-corrected chi connectivity index (χ2v) is 10.0. The molecule has 0 radical (unpaired) electrons. The van der Waals surface area contributed by atoms with E-state index in [9.17, 15) is 4.79 Å². The van der Waals surface area contributed by atoms with Crippen LogP contribution in [0.25, 0.3) is 21.5 Å². The van der Waals surface area contributed by atoms with Gasteiger partial charge in [-0.2, -0.15) is 5.10 Å².